The Balaban J connectivity index is 1.37. The highest BCUT2D eigenvalue weighted by atomic mass is 79.9. The molecular formula is C26H26Br4O4. The van der Waals surface area contributed by atoms with E-state index in [2.05, 4.69) is 75.9 Å². The zero-order valence-electron chi connectivity index (χ0n) is 18.6. The highest BCUT2D eigenvalue weighted by molar-refractivity contribution is 9.09. The Morgan fingerprint density at radius 2 is 0.647 bits per heavy atom. The van der Waals surface area contributed by atoms with Gasteiger partial charge in [-0.3, -0.25) is 0 Å². The molecule has 0 unspecified atom stereocenters. The third-order valence-electron chi connectivity index (χ3n) is 4.73. The van der Waals surface area contributed by atoms with Crippen LogP contribution in [0, 0.1) is 0 Å². The highest BCUT2D eigenvalue weighted by Crippen LogP contribution is 2.23. The molecule has 0 heterocycles. The minimum absolute atomic E-state index is 0.458. The molecule has 3 aromatic rings. The van der Waals surface area contributed by atoms with Crippen molar-refractivity contribution in [3.05, 3.63) is 82.9 Å². The number of alkyl halides is 4. The van der Waals surface area contributed by atoms with Gasteiger partial charge in [0.1, 0.15) is 49.4 Å². The minimum atomic E-state index is 0.458. The Kier molecular flexibility index (Phi) is 12.1. The van der Waals surface area contributed by atoms with Crippen LogP contribution >= 0.6 is 63.7 Å². The van der Waals surface area contributed by atoms with Gasteiger partial charge in [-0.1, -0.05) is 75.9 Å². The maximum absolute atomic E-state index is 5.86. The zero-order valence-corrected chi connectivity index (χ0v) is 24.9. The lowest BCUT2D eigenvalue weighted by atomic mass is 10.1. The van der Waals surface area contributed by atoms with E-state index >= 15 is 0 Å². The van der Waals surface area contributed by atoms with Crippen molar-refractivity contribution >= 4 is 63.7 Å². The van der Waals surface area contributed by atoms with Crippen LogP contribution in [0.5, 0.6) is 23.0 Å². The first-order valence-electron chi connectivity index (χ1n) is 10.7. The number of benzene rings is 3. The van der Waals surface area contributed by atoms with Crippen molar-refractivity contribution in [3.8, 4) is 23.0 Å². The van der Waals surface area contributed by atoms with Crippen LogP contribution in [-0.4, -0.2) is 26.4 Å². The monoisotopic (exact) mass is 718 g/mol. The molecule has 182 valence electrons. The summed E-state index contributed by atoms with van der Waals surface area (Å²) in [6.07, 6.45) is 0. The van der Waals surface area contributed by atoms with E-state index in [1.54, 1.807) is 0 Å². The van der Waals surface area contributed by atoms with Crippen molar-refractivity contribution in [2.75, 3.05) is 26.4 Å². The van der Waals surface area contributed by atoms with Gasteiger partial charge in [0.05, 0.1) is 0 Å². The van der Waals surface area contributed by atoms with Gasteiger partial charge in [-0.25, -0.2) is 0 Å². The molecule has 0 aliphatic rings. The van der Waals surface area contributed by atoms with Crippen LogP contribution in [-0.2, 0) is 21.3 Å². The summed E-state index contributed by atoms with van der Waals surface area (Å²) in [5, 5.41) is 3.18. The fourth-order valence-electron chi connectivity index (χ4n) is 3.20. The van der Waals surface area contributed by atoms with Gasteiger partial charge in [0.2, 0.25) is 0 Å². The summed E-state index contributed by atoms with van der Waals surface area (Å²) in [5.41, 5.74) is 4.74. The molecule has 3 rings (SSSR count). The van der Waals surface area contributed by atoms with Gasteiger partial charge in [-0.15, -0.1) is 0 Å². The van der Waals surface area contributed by atoms with Gasteiger partial charge >= 0.3 is 0 Å². The van der Waals surface area contributed by atoms with Crippen molar-refractivity contribution in [2.24, 2.45) is 0 Å². The molecule has 0 atom stereocenters. The summed E-state index contributed by atoms with van der Waals surface area (Å²) in [6.45, 7) is 1.85. The van der Waals surface area contributed by atoms with Gasteiger partial charge in [0, 0.05) is 21.3 Å². The van der Waals surface area contributed by atoms with E-state index in [1.807, 2.05) is 48.5 Å². The zero-order chi connectivity index (χ0) is 24.2. The lowest BCUT2D eigenvalue weighted by Crippen LogP contribution is -2.10. The lowest BCUT2D eigenvalue weighted by Gasteiger charge is -2.12. The van der Waals surface area contributed by atoms with E-state index in [0.29, 0.717) is 26.4 Å². The third kappa shape index (κ3) is 9.10. The maximum Gasteiger partial charge on any atom is 0.122 e. The highest BCUT2D eigenvalue weighted by Gasteiger charge is 2.04. The molecule has 0 N–H and O–H groups in total. The van der Waals surface area contributed by atoms with Crippen LogP contribution in [0.15, 0.2) is 60.7 Å². The molecule has 0 saturated heterocycles. The van der Waals surface area contributed by atoms with Crippen molar-refractivity contribution < 1.29 is 18.9 Å². The van der Waals surface area contributed by atoms with Crippen LogP contribution in [0.3, 0.4) is 0 Å². The smallest absolute Gasteiger partial charge is 0.122 e. The van der Waals surface area contributed by atoms with Gasteiger partial charge in [0.15, 0.2) is 0 Å². The molecule has 0 radical (unpaired) electrons. The molecule has 0 amide bonds. The number of hydrogen-bond acceptors (Lipinski definition) is 4. The fraction of sp³-hybridized carbons (Fsp3) is 0.308. The van der Waals surface area contributed by atoms with Crippen LogP contribution in [0.25, 0.3) is 0 Å². The average molecular weight is 722 g/mol. The Labute approximate surface area is 234 Å². The Morgan fingerprint density at radius 3 is 0.912 bits per heavy atom. The Morgan fingerprint density at radius 1 is 0.382 bits per heavy atom. The average Bonchev–Trinajstić information content (AvgIpc) is 2.89. The van der Waals surface area contributed by atoms with Crippen molar-refractivity contribution in [3.63, 3.8) is 0 Å². The SMILES string of the molecule is BrCc1cc(CBr)cc(OCCOc2ccc(OCCOc3cc(CBr)cc(CBr)c3)cc2)c1. The summed E-state index contributed by atoms with van der Waals surface area (Å²) < 4.78 is 23.3. The molecule has 0 saturated carbocycles. The van der Waals surface area contributed by atoms with E-state index < -0.39 is 0 Å². The van der Waals surface area contributed by atoms with E-state index in [-0.39, 0.29) is 0 Å². The molecule has 34 heavy (non-hydrogen) atoms. The third-order valence-corrected chi connectivity index (χ3v) is 7.32. The number of hydrogen-bond donors (Lipinski definition) is 0. The van der Waals surface area contributed by atoms with Gasteiger partial charge in [-0.2, -0.15) is 0 Å². The number of ether oxygens (including phenoxy) is 4. The molecule has 0 fully saturated rings. The molecule has 0 aromatic heterocycles. The molecule has 0 bridgehead atoms. The summed E-state index contributed by atoms with van der Waals surface area (Å²) in [4.78, 5) is 0. The molecule has 3 aromatic carbocycles. The van der Waals surface area contributed by atoms with E-state index in [4.69, 9.17) is 18.9 Å². The summed E-state index contributed by atoms with van der Waals surface area (Å²) >= 11 is 14.0. The van der Waals surface area contributed by atoms with Crippen molar-refractivity contribution in [2.45, 2.75) is 21.3 Å². The van der Waals surface area contributed by atoms with Crippen LogP contribution in [0.2, 0.25) is 0 Å². The fourth-order valence-corrected chi connectivity index (χ4v) is 4.50. The van der Waals surface area contributed by atoms with Gasteiger partial charge in [-0.05, 0) is 70.8 Å². The quantitative estimate of drug-likeness (QED) is 0.124. The molecule has 0 aliphatic heterocycles. The van der Waals surface area contributed by atoms with E-state index in [9.17, 15) is 0 Å². The van der Waals surface area contributed by atoms with Crippen LogP contribution in [0.1, 0.15) is 22.3 Å². The predicted octanol–water partition coefficient (Wildman–Crippen LogP) is 8.18. The molecular weight excluding hydrogens is 696 g/mol. The number of halogens is 4. The predicted molar refractivity (Wildman–Crippen MR) is 152 cm³/mol. The van der Waals surface area contributed by atoms with Crippen molar-refractivity contribution in [1.82, 2.24) is 0 Å². The van der Waals surface area contributed by atoms with Crippen LogP contribution in [0.4, 0.5) is 0 Å². The van der Waals surface area contributed by atoms with Gasteiger partial charge < -0.3 is 18.9 Å². The first kappa shape index (κ1) is 27.4. The Bertz CT molecular complexity index is 901. The van der Waals surface area contributed by atoms with Gasteiger partial charge in [0.25, 0.3) is 0 Å². The largest absolute Gasteiger partial charge is 0.490 e. The first-order chi connectivity index (χ1) is 16.6. The van der Waals surface area contributed by atoms with Crippen molar-refractivity contribution in [1.29, 1.82) is 0 Å². The second-order valence-electron chi connectivity index (χ2n) is 7.37. The second kappa shape index (κ2) is 15.0. The topological polar surface area (TPSA) is 36.9 Å². The first-order valence-corrected chi connectivity index (χ1v) is 15.2. The normalized spacial score (nSPS) is 10.7. The summed E-state index contributed by atoms with van der Waals surface area (Å²) in [7, 11) is 0. The minimum Gasteiger partial charge on any atom is -0.490 e. The maximum atomic E-state index is 5.86. The molecule has 8 heteroatoms. The molecule has 0 aliphatic carbocycles. The van der Waals surface area contributed by atoms with E-state index in [1.165, 1.54) is 22.3 Å². The standard InChI is InChI=1S/C26H26Br4O4/c27-15-19-9-20(16-28)12-25(11-19)33-7-5-31-23-1-2-24(4-3-23)32-6-8-34-26-13-21(17-29)10-22(14-26)18-30/h1-4,9-14H,5-8,15-18H2. The molecule has 0 spiro atoms. The summed E-state index contributed by atoms with van der Waals surface area (Å²) in [6, 6.07) is 20.0. The van der Waals surface area contributed by atoms with Crippen LogP contribution < -0.4 is 18.9 Å². The molecule has 4 nitrogen and oxygen atoms in total. The number of rotatable bonds is 14. The summed E-state index contributed by atoms with van der Waals surface area (Å²) in [5.74, 6) is 3.25. The Hall–Kier alpha value is -1.22. The van der Waals surface area contributed by atoms with E-state index in [0.717, 1.165) is 44.3 Å². The second-order valence-corrected chi connectivity index (χ2v) is 9.61. The lowest BCUT2D eigenvalue weighted by molar-refractivity contribution is 0.213.